The lowest BCUT2D eigenvalue weighted by atomic mass is 10.0. The van der Waals surface area contributed by atoms with Crippen molar-refractivity contribution in [3.63, 3.8) is 0 Å². The molecule has 0 rings (SSSR count). The minimum atomic E-state index is -4.39. The summed E-state index contributed by atoms with van der Waals surface area (Å²) in [5, 5.41) is 0. The fourth-order valence-corrected chi connectivity index (χ4v) is 15.4. The van der Waals surface area contributed by atoms with Crippen molar-refractivity contribution < 1.29 is 37.6 Å². The van der Waals surface area contributed by atoms with Crippen molar-refractivity contribution in [2.75, 3.05) is 26.4 Å². The Kier molecular flexibility index (Phi) is 84.1. The Balaban J connectivity index is 3.67. The average Bonchev–Trinajstić information content (AvgIpc) is 1.60. The fraction of sp³-hybridized carbons (Fsp3) is 0.977. The van der Waals surface area contributed by atoms with Crippen molar-refractivity contribution in [3.8, 4) is 0 Å². The fourth-order valence-electron chi connectivity index (χ4n) is 14.6. The summed E-state index contributed by atoms with van der Waals surface area (Å²) in [6, 6.07) is 0. The van der Waals surface area contributed by atoms with E-state index in [1.54, 1.807) is 0 Å². The van der Waals surface area contributed by atoms with Gasteiger partial charge in [-0.1, -0.05) is 495 Å². The van der Waals surface area contributed by atoms with E-state index in [4.69, 9.17) is 24.3 Å². The number of esters is 2. The maximum Gasteiger partial charge on any atom is 0.472 e. The number of ether oxygens (including phenoxy) is 2. The van der Waals surface area contributed by atoms with E-state index in [9.17, 15) is 19.0 Å². The summed E-state index contributed by atoms with van der Waals surface area (Å²) < 4.78 is 33.4. The van der Waals surface area contributed by atoms with Crippen LogP contribution in [0.1, 0.15) is 521 Å². The third kappa shape index (κ3) is 84.0. The van der Waals surface area contributed by atoms with Gasteiger partial charge in [-0.15, -0.1) is 0 Å². The normalized spacial score (nSPS) is 12.7. The summed E-state index contributed by atoms with van der Waals surface area (Å²) >= 11 is 0. The number of hydrogen-bond acceptors (Lipinski definition) is 8. The second-order valence-electron chi connectivity index (χ2n) is 31.2. The van der Waals surface area contributed by atoms with E-state index in [-0.39, 0.29) is 32.1 Å². The van der Waals surface area contributed by atoms with Gasteiger partial charge in [0.1, 0.15) is 6.61 Å². The summed E-state index contributed by atoms with van der Waals surface area (Å²) in [5.41, 5.74) is 5.43. The van der Waals surface area contributed by atoms with E-state index in [1.807, 2.05) is 0 Å². The molecule has 0 aromatic carbocycles. The van der Waals surface area contributed by atoms with Crippen molar-refractivity contribution in [1.82, 2.24) is 0 Å². The van der Waals surface area contributed by atoms with Gasteiger partial charge in [-0.25, -0.2) is 4.57 Å². The first-order valence-electron chi connectivity index (χ1n) is 45.0. The largest absolute Gasteiger partial charge is 0.472 e. The molecular formula is C88H176NO8P. The highest BCUT2D eigenvalue weighted by Gasteiger charge is 2.26. The average molecular weight is 1410 g/mol. The van der Waals surface area contributed by atoms with Crippen LogP contribution >= 0.6 is 7.82 Å². The molecule has 0 aromatic rings. The van der Waals surface area contributed by atoms with Gasteiger partial charge in [-0.2, -0.15) is 0 Å². The zero-order valence-corrected chi connectivity index (χ0v) is 67.5. The highest BCUT2D eigenvalue weighted by atomic mass is 31.2. The van der Waals surface area contributed by atoms with E-state index in [2.05, 4.69) is 13.8 Å². The SMILES string of the molecule is CCCCCCCCCCCCCCCCCCCCCCCCCCCCCCCCCCCCCCCCCCC(=O)OC(COC(=O)CCCCCCCCCCCCCCCCCCCCCCCCCCCCCCCCCCCCCCC)COP(=O)(O)OCCN. The van der Waals surface area contributed by atoms with Crippen LogP contribution in [-0.4, -0.2) is 49.3 Å². The van der Waals surface area contributed by atoms with Crippen LogP contribution in [-0.2, 0) is 32.7 Å². The predicted molar refractivity (Wildman–Crippen MR) is 428 cm³/mol. The quantitative estimate of drug-likeness (QED) is 0.0347. The van der Waals surface area contributed by atoms with Crippen molar-refractivity contribution in [3.05, 3.63) is 0 Å². The smallest absolute Gasteiger partial charge is 0.462 e. The van der Waals surface area contributed by atoms with Gasteiger partial charge < -0.3 is 20.1 Å². The summed E-state index contributed by atoms with van der Waals surface area (Å²) in [7, 11) is -4.39. The maximum absolute atomic E-state index is 12.8. The Bertz CT molecular complexity index is 1570. The van der Waals surface area contributed by atoms with Crippen LogP contribution in [0.5, 0.6) is 0 Å². The van der Waals surface area contributed by atoms with Crippen molar-refractivity contribution in [1.29, 1.82) is 0 Å². The van der Waals surface area contributed by atoms with Crippen LogP contribution in [0, 0.1) is 0 Å². The molecule has 0 bridgehead atoms. The third-order valence-electron chi connectivity index (χ3n) is 21.2. The molecule has 2 unspecified atom stereocenters. The van der Waals surface area contributed by atoms with Gasteiger partial charge in [-0.05, 0) is 12.8 Å². The number of nitrogens with two attached hydrogens (primary N) is 1. The van der Waals surface area contributed by atoms with E-state index < -0.39 is 26.5 Å². The van der Waals surface area contributed by atoms with Crippen LogP contribution < -0.4 is 5.73 Å². The second-order valence-corrected chi connectivity index (χ2v) is 32.7. The maximum atomic E-state index is 12.8. The lowest BCUT2D eigenvalue weighted by Crippen LogP contribution is -2.29. The summed E-state index contributed by atoms with van der Waals surface area (Å²) in [4.78, 5) is 35.5. The Morgan fingerprint density at radius 2 is 0.439 bits per heavy atom. The van der Waals surface area contributed by atoms with Gasteiger partial charge in [0, 0.05) is 19.4 Å². The van der Waals surface area contributed by atoms with Gasteiger partial charge in [-0.3, -0.25) is 18.6 Å². The van der Waals surface area contributed by atoms with Crippen LogP contribution in [0.15, 0.2) is 0 Å². The molecular weight excluding hydrogens is 1230 g/mol. The van der Waals surface area contributed by atoms with Gasteiger partial charge in [0.15, 0.2) is 6.10 Å². The molecule has 98 heavy (non-hydrogen) atoms. The lowest BCUT2D eigenvalue weighted by Gasteiger charge is -2.19. The van der Waals surface area contributed by atoms with E-state index >= 15 is 0 Å². The first-order chi connectivity index (χ1) is 48.3. The van der Waals surface area contributed by atoms with Crippen LogP contribution in [0.4, 0.5) is 0 Å². The number of hydrogen-bond donors (Lipinski definition) is 2. The molecule has 0 saturated carbocycles. The minimum Gasteiger partial charge on any atom is -0.462 e. The molecule has 10 heteroatoms. The number of carbonyl (C=O) groups is 2. The Morgan fingerprint density at radius 1 is 0.265 bits per heavy atom. The Hall–Kier alpha value is -0.990. The molecule has 0 aromatic heterocycles. The molecule has 0 radical (unpaired) electrons. The standard InChI is InChI=1S/C88H176NO8P/c1-3-5-7-9-11-13-15-17-19-21-23-25-27-29-31-33-35-37-39-41-42-43-45-47-49-51-53-55-57-59-61-63-65-67-69-71-73-75-77-79-81-88(91)97-86(85-96-98(92,93)95-83-82-89)84-94-87(90)80-78-76-74-72-70-68-66-64-62-60-58-56-54-52-50-48-46-44-40-38-36-34-32-30-28-26-24-22-20-18-16-14-12-10-8-6-4-2/h86H,3-85,89H2,1-2H3,(H,92,93). The van der Waals surface area contributed by atoms with E-state index in [1.165, 1.54) is 456 Å². The van der Waals surface area contributed by atoms with Gasteiger partial charge in [0.05, 0.1) is 13.2 Å². The summed E-state index contributed by atoms with van der Waals surface area (Å²) in [6.45, 7) is 3.87. The first-order valence-corrected chi connectivity index (χ1v) is 46.5. The van der Waals surface area contributed by atoms with E-state index in [0.717, 1.165) is 32.1 Å². The molecule has 0 saturated heterocycles. The molecule has 2 atom stereocenters. The van der Waals surface area contributed by atoms with Crippen molar-refractivity contribution in [2.45, 2.75) is 527 Å². The molecule has 586 valence electrons. The third-order valence-corrected chi connectivity index (χ3v) is 22.2. The van der Waals surface area contributed by atoms with Crippen LogP contribution in [0.2, 0.25) is 0 Å². The van der Waals surface area contributed by atoms with Gasteiger partial charge >= 0.3 is 19.8 Å². The highest BCUT2D eigenvalue weighted by Crippen LogP contribution is 2.43. The van der Waals surface area contributed by atoms with Crippen molar-refractivity contribution >= 4 is 19.8 Å². The molecule has 0 spiro atoms. The molecule has 0 aliphatic rings. The van der Waals surface area contributed by atoms with Crippen LogP contribution in [0.25, 0.3) is 0 Å². The summed E-state index contributed by atoms with van der Waals surface area (Å²) in [6.07, 6.45) is 106. The van der Waals surface area contributed by atoms with Gasteiger partial charge in [0.25, 0.3) is 0 Å². The number of carbonyl (C=O) groups excluding carboxylic acids is 2. The number of rotatable bonds is 88. The molecule has 0 heterocycles. The monoisotopic (exact) mass is 1410 g/mol. The molecule has 9 nitrogen and oxygen atoms in total. The highest BCUT2D eigenvalue weighted by molar-refractivity contribution is 7.47. The number of phosphoric acid groups is 1. The predicted octanol–water partition coefficient (Wildman–Crippen LogP) is 30.4. The second kappa shape index (κ2) is 84.9. The molecule has 0 aliphatic heterocycles. The van der Waals surface area contributed by atoms with Gasteiger partial charge in [0.2, 0.25) is 0 Å². The molecule has 3 N–H and O–H groups in total. The number of unbranched alkanes of at least 4 members (excludes halogenated alkanes) is 75. The van der Waals surface area contributed by atoms with Crippen molar-refractivity contribution in [2.24, 2.45) is 5.73 Å². The Labute approximate surface area is 613 Å². The minimum absolute atomic E-state index is 0.0591. The zero-order valence-electron chi connectivity index (χ0n) is 66.6. The topological polar surface area (TPSA) is 134 Å². The first kappa shape index (κ1) is 97.0. The lowest BCUT2D eigenvalue weighted by molar-refractivity contribution is -0.161. The molecule has 0 fully saturated rings. The molecule has 0 amide bonds. The van der Waals surface area contributed by atoms with Crippen LogP contribution in [0.3, 0.4) is 0 Å². The zero-order chi connectivity index (χ0) is 70.8. The van der Waals surface area contributed by atoms with E-state index in [0.29, 0.717) is 12.8 Å². The Morgan fingerprint density at radius 3 is 0.622 bits per heavy atom. The molecule has 0 aliphatic carbocycles. The number of phosphoric ester groups is 1. The summed E-state index contributed by atoms with van der Waals surface area (Å²) in [5.74, 6) is -0.792.